The monoisotopic (exact) mass is 383 g/mol. The van der Waals surface area contributed by atoms with Crippen molar-refractivity contribution in [1.82, 2.24) is 9.78 Å². The van der Waals surface area contributed by atoms with Gasteiger partial charge in [-0.25, -0.2) is 4.68 Å². The molecule has 2 aromatic rings. The number of thiophene rings is 1. The first kappa shape index (κ1) is 18.0. The van der Waals surface area contributed by atoms with Gasteiger partial charge < -0.3 is 10.5 Å². The van der Waals surface area contributed by atoms with Crippen LogP contribution in [0.15, 0.2) is 12.1 Å². The van der Waals surface area contributed by atoms with Gasteiger partial charge in [-0.1, -0.05) is 37.7 Å². The molecule has 2 N–H and O–H groups in total. The van der Waals surface area contributed by atoms with E-state index in [2.05, 4.69) is 30.8 Å². The van der Waals surface area contributed by atoms with Crippen LogP contribution in [0.2, 0.25) is 30.0 Å². The lowest BCUT2D eigenvalue weighted by Crippen LogP contribution is -2.22. The van der Waals surface area contributed by atoms with Gasteiger partial charge in [0.1, 0.15) is 12.5 Å². The Morgan fingerprint density at radius 2 is 2.12 bits per heavy atom. The molecule has 0 saturated heterocycles. The first-order valence-electron chi connectivity index (χ1n) is 8.55. The molecule has 0 atom stereocenters. The van der Waals surface area contributed by atoms with Crippen LogP contribution in [-0.2, 0) is 11.5 Å². The number of hydrogen-bond donors (Lipinski definition) is 1. The van der Waals surface area contributed by atoms with E-state index in [0.29, 0.717) is 18.5 Å². The fourth-order valence-corrected chi connectivity index (χ4v) is 4.78. The molecule has 3 rings (SSSR count). The van der Waals surface area contributed by atoms with E-state index in [4.69, 9.17) is 22.1 Å². The van der Waals surface area contributed by atoms with Crippen molar-refractivity contribution >= 4 is 36.8 Å². The molecular formula is C17H26ClN3OSSi. The molecular weight excluding hydrogens is 358 g/mol. The van der Waals surface area contributed by atoms with Crippen LogP contribution >= 0.6 is 22.9 Å². The van der Waals surface area contributed by atoms with Crippen LogP contribution in [0.5, 0.6) is 0 Å². The van der Waals surface area contributed by atoms with Gasteiger partial charge in [0.2, 0.25) is 0 Å². The summed E-state index contributed by atoms with van der Waals surface area (Å²) in [7, 11) is -1.08. The summed E-state index contributed by atoms with van der Waals surface area (Å²) >= 11 is 7.74. The number of rotatable bonds is 7. The second-order valence-corrected chi connectivity index (χ2v) is 15.1. The third-order valence-electron chi connectivity index (χ3n) is 4.55. The zero-order chi connectivity index (χ0) is 17.3. The van der Waals surface area contributed by atoms with Crippen molar-refractivity contribution in [3.63, 3.8) is 0 Å². The molecule has 1 saturated carbocycles. The van der Waals surface area contributed by atoms with Gasteiger partial charge in [0.05, 0.1) is 14.9 Å². The molecule has 1 fully saturated rings. The van der Waals surface area contributed by atoms with Crippen LogP contribution in [0.3, 0.4) is 0 Å². The minimum Gasteiger partial charge on any atom is -0.382 e. The van der Waals surface area contributed by atoms with Crippen molar-refractivity contribution in [3.05, 3.63) is 22.0 Å². The molecule has 0 spiro atoms. The summed E-state index contributed by atoms with van der Waals surface area (Å²) in [6, 6.07) is 5.15. The van der Waals surface area contributed by atoms with E-state index in [1.165, 1.54) is 24.8 Å². The number of nitrogen functional groups attached to an aromatic ring is 1. The quantitative estimate of drug-likeness (QED) is 0.512. The summed E-state index contributed by atoms with van der Waals surface area (Å²) in [5.41, 5.74) is 8.55. The van der Waals surface area contributed by atoms with Crippen molar-refractivity contribution < 1.29 is 4.74 Å². The lowest BCUT2D eigenvalue weighted by molar-refractivity contribution is 0.0799. The number of halogens is 1. The van der Waals surface area contributed by atoms with E-state index in [-0.39, 0.29) is 0 Å². The number of nitrogens with zero attached hydrogens (tertiary/aromatic N) is 2. The van der Waals surface area contributed by atoms with Gasteiger partial charge in [-0.3, -0.25) is 0 Å². The Kier molecular flexibility index (Phi) is 5.39. The van der Waals surface area contributed by atoms with Crippen molar-refractivity contribution in [2.45, 2.75) is 57.6 Å². The second-order valence-electron chi connectivity index (χ2n) is 7.73. The molecule has 0 aromatic carbocycles. The first-order valence-corrected chi connectivity index (χ1v) is 13.4. The molecule has 0 radical (unpaired) electrons. The van der Waals surface area contributed by atoms with Crippen molar-refractivity contribution in [1.29, 1.82) is 0 Å². The van der Waals surface area contributed by atoms with Crippen LogP contribution in [0.25, 0.3) is 10.6 Å². The summed E-state index contributed by atoms with van der Waals surface area (Å²) in [5.74, 6) is 1.17. The largest absolute Gasteiger partial charge is 0.382 e. The zero-order valence-electron chi connectivity index (χ0n) is 14.6. The van der Waals surface area contributed by atoms with Crippen molar-refractivity contribution in [3.8, 4) is 10.6 Å². The number of aromatic nitrogens is 2. The van der Waals surface area contributed by atoms with Crippen LogP contribution in [0.1, 0.15) is 30.7 Å². The third-order valence-corrected chi connectivity index (χ3v) is 7.49. The number of nitrogens with two attached hydrogens (primary N) is 1. The Morgan fingerprint density at radius 1 is 1.38 bits per heavy atom. The number of ether oxygens (including phenoxy) is 1. The highest BCUT2D eigenvalue weighted by molar-refractivity contribution is 7.19. The molecule has 1 aliphatic rings. The highest BCUT2D eigenvalue weighted by atomic mass is 35.5. The van der Waals surface area contributed by atoms with E-state index in [1.54, 1.807) is 11.3 Å². The van der Waals surface area contributed by atoms with Gasteiger partial charge in [-0.2, -0.15) is 5.10 Å². The van der Waals surface area contributed by atoms with Gasteiger partial charge in [0, 0.05) is 20.2 Å². The molecule has 132 valence electrons. The normalized spacial score (nSPS) is 15.7. The van der Waals surface area contributed by atoms with Crippen LogP contribution < -0.4 is 5.73 Å². The maximum Gasteiger partial charge on any atom is 0.149 e. The van der Waals surface area contributed by atoms with Crippen LogP contribution in [0.4, 0.5) is 5.82 Å². The summed E-state index contributed by atoms with van der Waals surface area (Å²) < 4.78 is 8.63. The summed E-state index contributed by atoms with van der Waals surface area (Å²) in [4.78, 5) is 1.12. The highest BCUT2D eigenvalue weighted by Gasteiger charge is 2.29. The minimum atomic E-state index is -1.08. The van der Waals surface area contributed by atoms with E-state index in [0.717, 1.165) is 27.6 Å². The molecule has 7 heteroatoms. The van der Waals surface area contributed by atoms with Crippen molar-refractivity contribution in [2.24, 2.45) is 0 Å². The predicted octanol–water partition coefficient (Wildman–Crippen LogP) is 5.43. The fraction of sp³-hybridized carbons (Fsp3) is 0.588. The fourth-order valence-electron chi connectivity index (χ4n) is 2.92. The van der Waals surface area contributed by atoms with Gasteiger partial charge in [-0.15, -0.1) is 11.3 Å². The van der Waals surface area contributed by atoms with Gasteiger partial charge >= 0.3 is 0 Å². The Morgan fingerprint density at radius 3 is 2.67 bits per heavy atom. The maximum atomic E-state index is 6.26. The Balaban J connectivity index is 1.83. The SMILES string of the molecule is C[Si](C)(C)CCOCn1nc(N)c(C2CCC2)c1-c1ccc(Cl)s1. The Labute approximate surface area is 154 Å². The molecule has 4 nitrogen and oxygen atoms in total. The first-order chi connectivity index (χ1) is 11.3. The van der Waals surface area contributed by atoms with E-state index in [9.17, 15) is 0 Å². The molecule has 24 heavy (non-hydrogen) atoms. The van der Waals surface area contributed by atoms with E-state index in [1.807, 2.05) is 10.7 Å². The van der Waals surface area contributed by atoms with Gasteiger partial charge in [0.15, 0.2) is 0 Å². The summed E-state index contributed by atoms with van der Waals surface area (Å²) in [5, 5.41) is 4.58. The highest BCUT2D eigenvalue weighted by Crippen LogP contribution is 2.45. The second kappa shape index (κ2) is 7.20. The van der Waals surface area contributed by atoms with Crippen molar-refractivity contribution in [2.75, 3.05) is 12.3 Å². The lowest BCUT2D eigenvalue weighted by atomic mass is 9.79. The van der Waals surface area contributed by atoms with Crippen LogP contribution in [0, 0.1) is 0 Å². The molecule has 0 bridgehead atoms. The summed E-state index contributed by atoms with van der Waals surface area (Å²) in [6.45, 7) is 8.30. The smallest absolute Gasteiger partial charge is 0.149 e. The van der Waals surface area contributed by atoms with E-state index >= 15 is 0 Å². The zero-order valence-corrected chi connectivity index (χ0v) is 17.2. The maximum absolute atomic E-state index is 6.26. The molecule has 2 heterocycles. The standard InChI is InChI=1S/C17H26ClN3OSSi/c1-24(2,3)10-9-22-11-21-16(13-7-8-14(18)23-13)15(17(19)20-21)12-5-4-6-12/h7-8,12H,4-6,9-11H2,1-3H3,(H2,19,20). The average Bonchev–Trinajstić information content (AvgIpc) is 2.97. The average molecular weight is 384 g/mol. The van der Waals surface area contributed by atoms with Gasteiger partial charge in [-0.05, 0) is 36.9 Å². The number of anilines is 1. The van der Waals surface area contributed by atoms with Crippen LogP contribution in [-0.4, -0.2) is 24.5 Å². The van der Waals surface area contributed by atoms with Gasteiger partial charge in [0.25, 0.3) is 0 Å². The molecule has 1 aliphatic carbocycles. The Hall–Kier alpha value is -0.823. The summed E-state index contributed by atoms with van der Waals surface area (Å²) in [6.07, 6.45) is 3.66. The number of hydrogen-bond acceptors (Lipinski definition) is 4. The molecule has 2 aromatic heterocycles. The third kappa shape index (κ3) is 4.04. The molecule has 0 amide bonds. The lowest BCUT2D eigenvalue weighted by Gasteiger charge is -2.26. The molecule has 0 aliphatic heterocycles. The minimum absolute atomic E-state index is 0.451. The topological polar surface area (TPSA) is 53.1 Å². The van der Waals surface area contributed by atoms with E-state index < -0.39 is 8.07 Å². The molecule has 0 unspecified atom stereocenters. The Bertz CT molecular complexity index is 703. The predicted molar refractivity (Wildman–Crippen MR) is 106 cm³/mol.